The second-order valence-electron chi connectivity index (χ2n) is 5.65. The number of aromatic nitrogens is 1. The highest BCUT2D eigenvalue weighted by Crippen LogP contribution is 2.27. The summed E-state index contributed by atoms with van der Waals surface area (Å²) in [5.74, 6) is 6.89. The van der Waals surface area contributed by atoms with Gasteiger partial charge in [-0.25, -0.2) is 4.79 Å². The third-order valence-corrected chi connectivity index (χ3v) is 4.00. The maximum atomic E-state index is 11.9. The fourth-order valence-electron chi connectivity index (χ4n) is 2.44. The van der Waals surface area contributed by atoms with Gasteiger partial charge in [-0.3, -0.25) is 4.98 Å². The molecule has 3 aromatic rings. The highest BCUT2D eigenvalue weighted by molar-refractivity contribution is 6.31. The number of carbonyl (C=O) groups is 1. The zero-order valence-corrected chi connectivity index (χ0v) is 15.9. The Morgan fingerprint density at radius 3 is 2.93 bits per heavy atom. The van der Waals surface area contributed by atoms with Crippen molar-refractivity contribution in [3.8, 4) is 23.3 Å². The van der Waals surface area contributed by atoms with Gasteiger partial charge in [0.15, 0.2) is 0 Å². The van der Waals surface area contributed by atoms with Crippen LogP contribution in [-0.2, 0) is 0 Å². The second kappa shape index (κ2) is 9.49. The Labute approximate surface area is 167 Å². The first-order valence-corrected chi connectivity index (χ1v) is 8.85. The van der Waals surface area contributed by atoms with E-state index >= 15 is 0 Å². The fraction of sp³-hybridized carbons (Fsp3) is 0.143. The quantitative estimate of drug-likeness (QED) is 0.638. The van der Waals surface area contributed by atoms with E-state index < -0.39 is 6.03 Å². The van der Waals surface area contributed by atoms with Gasteiger partial charge in [-0.1, -0.05) is 29.5 Å². The molecule has 0 unspecified atom stereocenters. The summed E-state index contributed by atoms with van der Waals surface area (Å²) in [4.78, 5) is 16.2. The Hall–Kier alpha value is -3.43. The number of benzene rings is 2. The van der Waals surface area contributed by atoms with Crippen LogP contribution in [0.4, 0.5) is 10.5 Å². The summed E-state index contributed by atoms with van der Waals surface area (Å²) in [6, 6.07) is 14.1. The molecular formula is C21H18ClN3O3. The molecule has 0 spiro atoms. The summed E-state index contributed by atoms with van der Waals surface area (Å²) in [5.41, 5.74) is 1.34. The molecule has 6 nitrogen and oxygen atoms in total. The molecule has 2 N–H and O–H groups in total. The lowest BCUT2D eigenvalue weighted by Crippen LogP contribution is -2.29. The molecular weight excluding hydrogens is 378 g/mol. The number of hydrogen-bond donors (Lipinski definition) is 2. The van der Waals surface area contributed by atoms with Gasteiger partial charge < -0.3 is 20.1 Å². The van der Waals surface area contributed by atoms with Crippen molar-refractivity contribution in [2.24, 2.45) is 0 Å². The number of pyridine rings is 1. The van der Waals surface area contributed by atoms with Gasteiger partial charge in [0.1, 0.15) is 18.1 Å². The highest BCUT2D eigenvalue weighted by Gasteiger charge is 2.07. The van der Waals surface area contributed by atoms with E-state index in [1.165, 1.54) is 7.11 Å². The molecule has 2 aromatic carbocycles. The van der Waals surface area contributed by atoms with E-state index in [9.17, 15) is 4.79 Å². The van der Waals surface area contributed by atoms with Crippen LogP contribution in [-0.4, -0.2) is 31.3 Å². The predicted molar refractivity (Wildman–Crippen MR) is 110 cm³/mol. The Balaban J connectivity index is 1.44. The Kier molecular flexibility index (Phi) is 6.55. The van der Waals surface area contributed by atoms with Crippen molar-refractivity contribution in [2.45, 2.75) is 0 Å². The van der Waals surface area contributed by atoms with Crippen molar-refractivity contribution >= 4 is 34.2 Å². The van der Waals surface area contributed by atoms with Crippen LogP contribution < -0.4 is 20.1 Å². The van der Waals surface area contributed by atoms with E-state index in [2.05, 4.69) is 27.5 Å². The molecule has 0 aliphatic carbocycles. The van der Waals surface area contributed by atoms with Gasteiger partial charge in [0.25, 0.3) is 0 Å². The van der Waals surface area contributed by atoms with Crippen LogP contribution in [0.15, 0.2) is 54.7 Å². The van der Waals surface area contributed by atoms with Gasteiger partial charge >= 0.3 is 6.03 Å². The lowest BCUT2D eigenvalue weighted by atomic mass is 10.2. The number of amides is 2. The third-order valence-electron chi connectivity index (χ3n) is 3.76. The SMILES string of the molecule is COc1ccc(Cl)cc1NC(=O)NCC#CCOc1ccc2cccnc2c1. The fourth-order valence-corrected chi connectivity index (χ4v) is 2.61. The summed E-state index contributed by atoms with van der Waals surface area (Å²) < 4.78 is 10.8. The molecule has 1 heterocycles. The molecule has 28 heavy (non-hydrogen) atoms. The molecule has 1 aromatic heterocycles. The summed E-state index contributed by atoms with van der Waals surface area (Å²) >= 11 is 5.93. The highest BCUT2D eigenvalue weighted by atomic mass is 35.5. The van der Waals surface area contributed by atoms with Crippen LogP contribution in [0, 0.1) is 11.8 Å². The van der Waals surface area contributed by atoms with E-state index in [0.717, 1.165) is 10.9 Å². The predicted octanol–water partition coefficient (Wildman–Crippen LogP) is 4.10. The molecule has 0 radical (unpaired) electrons. The number of methoxy groups -OCH3 is 1. The first-order chi connectivity index (χ1) is 13.7. The van der Waals surface area contributed by atoms with Gasteiger partial charge in [0.2, 0.25) is 0 Å². The lowest BCUT2D eigenvalue weighted by molar-refractivity contribution is 0.253. The number of hydrogen-bond acceptors (Lipinski definition) is 4. The van der Waals surface area contributed by atoms with Crippen molar-refractivity contribution < 1.29 is 14.3 Å². The number of nitrogens with zero attached hydrogens (tertiary/aromatic N) is 1. The number of halogens is 1. The van der Waals surface area contributed by atoms with Crippen molar-refractivity contribution in [2.75, 3.05) is 25.6 Å². The minimum atomic E-state index is -0.406. The molecule has 0 bridgehead atoms. The number of rotatable bonds is 5. The standard InChI is InChI=1S/C21H18ClN3O3/c1-27-20-9-7-16(22)13-19(20)25-21(26)24-10-2-3-12-28-17-8-6-15-5-4-11-23-18(15)14-17/h4-9,11,13-14H,10,12H2,1H3,(H2,24,25,26). The number of ether oxygens (including phenoxy) is 2. The van der Waals surface area contributed by atoms with Crippen molar-refractivity contribution in [1.29, 1.82) is 0 Å². The smallest absolute Gasteiger partial charge is 0.320 e. The van der Waals surface area contributed by atoms with Crippen molar-refractivity contribution in [3.63, 3.8) is 0 Å². The first kappa shape index (κ1) is 19.3. The molecule has 0 saturated heterocycles. The number of anilines is 1. The minimum absolute atomic E-state index is 0.178. The van der Waals surface area contributed by atoms with Crippen molar-refractivity contribution in [3.05, 3.63) is 59.8 Å². The number of carbonyl (C=O) groups excluding carboxylic acids is 1. The van der Waals surface area contributed by atoms with Gasteiger partial charge in [-0.15, -0.1) is 0 Å². The topological polar surface area (TPSA) is 72.5 Å². The lowest BCUT2D eigenvalue weighted by Gasteiger charge is -2.10. The molecule has 0 aliphatic rings. The Morgan fingerprint density at radius 2 is 2.07 bits per heavy atom. The largest absolute Gasteiger partial charge is 0.495 e. The van der Waals surface area contributed by atoms with Crippen molar-refractivity contribution in [1.82, 2.24) is 10.3 Å². The molecule has 0 atom stereocenters. The van der Waals surface area contributed by atoms with Gasteiger partial charge in [0.05, 0.1) is 24.9 Å². The maximum Gasteiger partial charge on any atom is 0.320 e. The monoisotopic (exact) mass is 395 g/mol. The average molecular weight is 396 g/mol. The zero-order valence-electron chi connectivity index (χ0n) is 15.2. The normalized spacial score (nSPS) is 9.93. The molecule has 0 aliphatic heterocycles. The third kappa shape index (κ3) is 5.29. The van der Waals surface area contributed by atoms with E-state index in [0.29, 0.717) is 22.2 Å². The second-order valence-corrected chi connectivity index (χ2v) is 6.09. The van der Waals surface area contributed by atoms with Crippen LogP contribution in [0.2, 0.25) is 5.02 Å². The van der Waals surface area contributed by atoms with Crippen LogP contribution in [0.3, 0.4) is 0 Å². The van der Waals surface area contributed by atoms with Crippen LogP contribution in [0.5, 0.6) is 11.5 Å². The number of urea groups is 1. The number of fused-ring (bicyclic) bond motifs is 1. The van der Waals surface area contributed by atoms with Gasteiger partial charge in [-0.2, -0.15) is 0 Å². The molecule has 142 valence electrons. The Morgan fingerprint density at radius 1 is 1.18 bits per heavy atom. The molecule has 2 amide bonds. The molecule has 7 heteroatoms. The van der Waals surface area contributed by atoms with Gasteiger partial charge in [-0.05, 0) is 36.4 Å². The molecule has 3 rings (SSSR count). The maximum absolute atomic E-state index is 11.9. The van der Waals surface area contributed by atoms with Gasteiger partial charge in [0, 0.05) is 22.7 Å². The summed E-state index contributed by atoms with van der Waals surface area (Å²) in [6.07, 6.45) is 1.74. The van der Waals surface area contributed by atoms with Crippen LogP contribution >= 0.6 is 11.6 Å². The summed E-state index contributed by atoms with van der Waals surface area (Å²) in [7, 11) is 1.52. The number of nitrogens with one attached hydrogen (secondary N) is 2. The van der Waals surface area contributed by atoms with E-state index in [-0.39, 0.29) is 13.2 Å². The van der Waals surface area contributed by atoms with E-state index in [4.69, 9.17) is 21.1 Å². The summed E-state index contributed by atoms with van der Waals surface area (Å²) in [6.45, 7) is 0.390. The van der Waals surface area contributed by atoms with E-state index in [1.54, 1.807) is 24.4 Å². The van der Waals surface area contributed by atoms with Crippen LogP contribution in [0.1, 0.15) is 0 Å². The molecule has 0 fully saturated rings. The molecule has 0 saturated carbocycles. The minimum Gasteiger partial charge on any atom is -0.495 e. The van der Waals surface area contributed by atoms with Crippen LogP contribution in [0.25, 0.3) is 10.9 Å². The van der Waals surface area contributed by atoms with E-state index in [1.807, 2.05) is 30.3 Å². The average Bonchev–Trinajstić information content (AvgIpc) is 2.70. The first-order valence-electron chi connectivity index (χ1n) is 8.47. The zero-order chi connectivity index (χ0) is 19.8. The summed E-state index contributed by atoms with van der Waals surface area (Å²) in [5, 5.41) is 6.85. The Bertz CT molecular complexity index is 1040.